The molecule has 5 nitrogen and oxygen atoms in total. The molecular weight excluding hydrogens is 214 g/mol. The molecular formula is C9H21NO4Si. The molecule has 0 aromatic rings. The van der Waals surface area contributed by atoms with E-state index in [1.165, 1.54) is 0 Å². The molecule has 0 aromatic carbocycles. The lowest BCUT2D eigenvalue weighted by Gasteiger charge is -2.31. The van der Waals surface area contributed by atoms with Crippen LogP contribution in [0, 0.1) is 0 Å². The van der Waals surface area contributed by atoms with Gasteiger partial charge >= 0.3 is 8.80 Å². The second-order valence-electron chi connectivity index (χ2n) is 3.03. The summed E-state index contributed by atoms with van der Waals surface area (Å²) in [5.74, 6) is -0.447. The van der Waals surface area contributed by atoms with Gasteiger partial charge in [-0.1, -0.05) is 0 Å². The molecule has 1 amide bonds. The summed E-state index contributed by atoms with van der Waals surface area (Å²) in [5.41, 5.74) is 4.75. The number of hydrogen-bond acceptors (Lipinski definition) is 4. The van der Waals surface area contributed by atoms with Crippen molar-refractivity contribution in [3.63, 3.8) is 0 Å². The zero-order chi connectivity index (χ0) is 11.9. The molecule has 6 heteroatoms. The molecule has 1 atom stereocenters. The number of rotatable bonds is 8. The molecule has 0 spiro atoms. The van der Waals surface area contributed by atoms with Crippen molar-refractivity contribution in [3.8, 4) is 0 Å². The van der Waals surface area contributed by atoms with Gasteiger partial charge in [-0.05, 0) is 27.7 Å². The van der Waals surface area contributed by atoms with E-state index in [1.807, 2.05) is 20.8 Å². The summed E-state index contributed by atoms with van der Waals surface area (Å²) >= 11 is 0. The standard InChI is InChI=1S/C9H21NO4Si/c1-5-12-15(13-6-2,14-7-3)8(4)9(10)11/h8H,5-7H2,1-4H3,(H2,10,11). The van der Waals surface area contributed by atoms with E-state index >= 15 is 0 Å². The van der Waals surface area contributed by atoms with Crippen LogP contribution >= 0.6 is 0 Å². The molecule has 15 heavy (non-hydrogen) atoms. The molecule has 0 rings (SSSR count). The monoisotopic (exact) mass is 235 g/mol. The second-order valence-corrected chi connectivity index (χ2v) is 5.97. The van der Waals surface area contributed by atoms with Gasteiger partial charge in [0.1, 0.15) is 5.54 Å². The predicted molar refractivity (Wildman–Crippen MR) is 59.3 cm³/mol. The third-order valence-electron chi connectivity index (χ3n) is 1.99. The van der Waals surface area contributed by atoms with E-state index in [4.69, 9.17) is 19.0 Å². The summed E-state index contributed by atoms with van der Waals surface area (Å²) in [6.07, 6.45) is 0. The van der Waals surface area contributed by atoms with Gasteiger partial charge in [0.15, 0.2) is 0 Å². The maximum absolute atomic E-state index is 11.2. The molecule has 0 fully saturated rings. The van der Waals surface area contributed by atoms with Gasteiger partial charge in [-0.3, -0.25) is 4.79 Å². The lowest BCUT2D eigenvalue weighted by molar-refractivity contribution is -0.119. The van der Waals surface area contributed by atoms with Crippen LogP contribution in [0.3, 0.4) is 0 Å². The maximum atomic E-state index is 11.2. The molecule has 0 aliphatic heterocycles. The molecule has 1 unspecified atom stereocenters. The highest BCUT2D eigenvalue weighted by Crippen LogP contribution is 2.25. The first-order valence-corrected chi connectivity index (χ1v) is 7.05. The number of nitrogens with two attached hydrogens (primary N) is 1. The Morgan fingerprint density at radius 1 is 1.13 bits per heavy atom. The Bertz CT molecular complexity index is 184. The molecule has 0 aliphatic rings. The van der Waals surface area contributed by atoms with E-state index in [9.17, 15) is 4.79 Å². The number of hydrogen-bond donors (Lipinski definition) is 1. The van der Waals surface area contributed by atoms with E-state index in [0.29, 0.717) is 19.8 Å². The minimum absolute atomic E-state index is 0.447. The molecule has 0 heterocycles. The van der Waals surface area contributed by atoms with Crippen LogP contribution in [0.25, 0.3) is 0 Å². The summed E-state index contributed by atoms with van der Waals surface area (Å²) in [7, 11) is -2.94. The molecule has 2 N–H and O–H groups in total. The van der Waals surface area contributed by atoms with Crippen molar-refractivity contribution in [1.29, 1.82) is 0 Å². The molecule has 0 aliphatic carbocycles. The highest BCUT2D eigenvalue weighted by Gasteiger charge is 2.49. The van der Waals surface area contributed by atoms with Crippen LogP contribution in [-0.2, 0) is 18.1 Å². The summed E-state index contributed by atoms with van der Waals surface area (Å²) in [6.45, 7) is 8.56. The normalized spacial score (nSPS) is 13.9. The number of carbonyl (C=O) groups excluding carboxylic acids is 1. The van der Waals surface area contributed by atoms with Crippen molar-refractivity contribution >= 4 is 14.7 Å². The Hall–Kier alpha value is -0.433. The van der Waals surface area contributed by atoms with Gasteiger partial charge in [0.25, 0.3) is 0 Å². The molecule has 0 aromatic heterocycles. The average molecular weight is 235 g/mol. The summed E-state index contributed by atoms with van der Waals surface area (Å²) in [4.78, 5) is 11.2. The van der Waals surface area contributed by atoms with Crippen LogP contribution in [0.15, 0.2) is 0 Å². The van der Waals surface area contributed by atoms with E-state index < -0.39 is 20.3 Å². The third-order valence-corrected chi connectivity index (χ3v) is 5.41. The first-order valence-electron chi connectivity index (χ1n) is 5.25. The largest absolute Gasteiger partial charge is 0.513 e. The fourth-order valence-electron chi connectivity index (χ4n) is 1.28. The number of carbonyl (C=O) groups is 1. The average Bonchev–Trinajstić information content (AvgIpc) is 2.17. The molecule has 90 valence electrons. The Morgan fingerprint density at radius 3 is 1.67 bits per heavy atom. The fraction of sp³-hybridized carbons (Fsp3) is 0.889. The smallest absolute Gasteiger partial charge is 0.373 e. The zero-order valence-electron chi connectivity index (χ0n) is 9.91. The van der Waals surface area contributed by atoms with E-state index in [0.717, 1.165) is 0 Å². The van der Waals surface area contributed by atoms with Crippen molar-refractivity contribution in [2.45, 2.75) is 33.2 Å². The zero-order valence-corrected chi connectivity index (χ0v) is 10.9. The minimum Gasteiger partial charge on any atom is -0.373 e. The van der Waals surface area contributed by atoms with Crippen molar-refractivity contribution < 1.29 is 18.1 Å². The number of amides is 1. The van der Waals surface area contributed by atoms with Crippen molar-refractivity contribution in [2.24, 2.45) is 5.73 Å². The highest BCUT2D eigenvalue weighted by atomic mass is 28.4. The summed E-state index contributed by atoms with van der Waals surface area (Å²) in [6, 6.07) is 0. The number of primary amides is 1. The Labute approximate surface area is 92.3 Å². The first-order chi connectivity index (χ1) is 7.04. The van der Waals surface area contributed by atoms with Gasteiger partial charge in [-0.2, -0.15) is 0 Å². The molecule has 0 bridgehead atoms. The van der Waals surface area contributed by atoms with Gasteiger partial charge in [0.2, 0.25) is 5.91 Å². The molecule has 0 radical (unpaired) electrons. The quantitative estimate of drug-likeness (QED) is 0.635. The Kier molecular flexibility index (Phi) is 6.74. The van der Waals surface area contributed by atoms with Crippen LogP contribution in [0.5, 0.6) is 0 Å². The van der Waals surface area contributed by atoms with E-state index in [2.05, 4.69) is 0 Å². The highest BCUT2D eigenvalue weighted by molar-refractivity contribution is 6.66. The Morgan fingerprint density at radius 2 is 1.47 bits per heavy atom. The van der Waals surface area contributed by atoms with Crippen LogP contribution in [-0.4, -0.2) is 34.5 Å². The summed E-state index contributed by atoms with van der Waals surface area (Å²) in [5, 5.41) is 0. The predicted octanol–water partition coefficient (Wildman–Crippen LogP) is 0.910. The summed E-state index contributed by atoms with van der Waals surface area (Å²) < 4.78 is 16.6. The van der Waals surface area contributed by atoms with Crippen molar-refractivity contribution in [3.05, 3.63) is 0 Å². The van der Waals surface area contributed by atoms with E-state index in [1.54, 1.807) is 6.92 Å². The van der Waals surface area contributed by atoms with Gasteiger partial charge < -0.3 is 19.0 Å². The lowest BCUT2D eigenvalue weighted by atomic mass is 10.5. The van der Waals surface area contributed by atoms with Gasteiger partial charge in [-0.25, -0.2) is 0 Å². The van der Waals surface area contributed by atoms with Crippen LogP contribution in [0.2, 0.25) is 5.54 Å². The Balaban J connectivity index is 4.81. The van der Waals surface area contributed by atoms with Gasteiger partial charge in [-0.15, -0.1) is 0 Å². The van der Waals surface area contributed by atoms with Crippen molar-refractivity contribution in [2.75, 3.05) is 19.8 Å². The fourth-order valence-corrected chi connectivity index (χ4v) is 3.83. The second kappa shape index (κ2) is 6.94. The minimum atomic E-state index is -2.94. The lowest BCUT2D eigenvalue weighted by Crippen LogP contribution is -2.53. The molecule has 0 saturated carbocycles. The van der Waals surface area contributed by atoms with Crippen LogP contribution < -0.4 is 5.73 Å². The van der Waals surface area contributed by atoms with Crippen molar-refractivity contribution in [1.82, 2.24) is 0 Å². The topological polar surface area (TPSA) is 70.8 Å². The van der Waals surface area contributed by atoms with Crippen LogP contribution in [0.1, 0.15) is 27.7 Å². The molecule has 0 saturated heterocycles. The van der Waals surface area contributed by atoms with Gasteiger partial charge in [0.05, 0.1) is 0 Å². The maximum Gasteiger partial charge on any atom is 0.513 e. The SMILES string of the molecule is CCO[Si](OCC)(OCC)C(C)C(N)=O. The first kappa shape index (κ1) is 14.6. The van der Waals surface area contributed by atoms with Crippen LogP contribution in [0.4, 0.5) is 0 Å². The van der Waals surface area contributed by atoms with Gasteiger partial charge in [0, 0.05) is 19.8 Å². The van der Waals surface area contributed by atoms with E-state index in [-0.39, 0.29) is 0 Å². The third kappa shape index (κ3) is 3.90.